The quantitative estimate of drug-likeness (QED) is 0.877. The molecule has 1 fully saturated rings. The van der Waals surface area contributed by atoms with Crippen molar-refractivity contribution in [2.75, 3.05) is 30.0 Å². The number of aromatic nitrogens is 3. The lowest BCUT2D eigenvalue weighted by Gasteiger charge is -2.34. The molecule has 1 aliphatic heterocycles. The van der Waals surface area contributed by atoms with Crippen LogP contribution in [0.5, 0.6) is 0 Å². The van der Waals surface area contributed by atoms with Crippen LogP contribution in [0.25, 0.3) is 0 Å². The summed E-state index contributed by atoms with van der Waals surface area (Å²) in [6, 6.07) is 2.01. The summed E-state index contributed by atoms with van der Waals surface area (Å²) in [7, 11) is 1.70. The molecule has 0 unspecified atom stereocenters. The molecule has 0 amide bonds. The Morgan fingerprint density at radius 1 is 1.39 bits per heavy atom. The third-order valence-corrected chi connectivity index (χ3v) is 4.17. The second-order valence-corrected chi connectivity index (χ2v) is 6.41. The van der Waals surface area contributed by atoms with Crippen LogP contribution < -0.4 is 15.8 Å². The molecule has 0 spiro atoms. The highest BCUT2D eigenvalue weighted by molar-refractivity contribution is 9.10. The van der Waals surface area contributed by atoms with Crippen molar-refractivity contribution in [2.24, 2.45) is 7.05 Å². The van der Waals surface area contributed by atoms with E-state index in [-0.39, 0.29) is 5.56 Å². The van der Waals surface area contributed by atoms with Gasteiger partial charge in [0.2, 0.25) is 5.95 Å². The van der Waals surface area contributed by atoms with E-state index >= 15 is 0 Å². The van der Waals surface area contributed by atoms with E-state index in [0.29, 0.717) is 30.9 Å². The molecule has 0 aromatic carbocycles. The van der Waals surface area contributed by atoms with Crippen molar-refractivity contribution < 1.29 is 4.74 Å². The average molecular weight is 380 g/mol. The number of morpholine rings is 1. The number of nitrogens with zero attached hydrogens (tertiary/aromatic N) is 4. The zero-order valence-corrected chi connectivity index (χ0v) is 14.6. The molecule has 7 nitrogen and oxygen atoms in total. The predicted molar refractivity (Wildman–Crippen MR) is 92.3 cm³/mol. The summed E-state index contributed by atoms with van der Waals surface area (Å²) in [5, 5.41) is 2.97. The number of anilines is 3. The molecule has 1 N–H and O–H groups in total. The number of aryl methyl sites for hydroxylation is 1. The van der Waals surface area contributed by atoms with Crippen molar-refractivity contribution in [1.82, 2.24) is 14.5 Å². The largest absolute Gasteiger partial charge is 0.377 e. The number of halogens is 1. The molecule has 0 bridgehead atoms. The van der Waals surface area contributed by atoms with Crippen LogP contribution in [-0.2, 0) is 11.8 Å². The number of hydrogen-bond acceptors (Lipinski definition) is 6. The van der Waals surface area contributed by atoms with E-state index in [9.17, 15) is 4.79 Å². The number of pyridine rings is 1. The maximum atomic E-state index is 12.1. The second kappa shape index (κ2) is 6.67. The molecule has 0 radical (unpaired) electrons. The highest BCUT2D eigenvalue weighted by atomic mass is 79.9. The fourth-order valence-electron chi connectivity index (χ4n) is 2.53. The first-order valence-electron chi connectivity index (χ1n) is 7.34. The Bertz CT molecular complexity index is 747. The second-order valence-electron chi connectivity index (χ2n) is 5.50. The first-order valence-corrected chi connectivity index (χ1v) is 8.13. The van der Waals surface area contributed by atoms with Gasteiger partial charge >= 0.3 is 0 Å². The van der Waals surface area contributed by atoms with Crippen molar-refractivity contribution in [2.45, 2.75) is 13.0 Å². The van der Waals surface area contributed by atoms with Crippen molar-refractivity contribution >= 4 is 33.3 Å². The lowest BCUT2D eigenvalue weighted by Crippen LogP contribution is -2.43. The number of nitrogens with one attached hydrogen (secondary N) is 1. The molecular weight excluding hydrogens is 362 g/mol. The summed E-state index contributed by atoms with van der Waals surface area (Å²) in [4.78, 5) is 22.9. The highest BCUT2D eigenvalue weighted by Crippen LogP contribution is 2.19. The zero-order chi connectivity index (χ0) is 16.4. The Morgan fingerprint density at radius 2 is 2.13 bits per heavy atom. The first kappa shape index (κ1) is 15.9. The maximum Gasteiger partial charge on any atom is 0.274 e. The first-order chi connectivity index (χ1) is 11.0. The average Bonchev–Trinajstić information content (AvgIpc) is 2.53. The molecule has 0 saturated carbocycles. The van der Waals surface area contributed by atoms with E-state index in [0.717, 1.165) is 16.7 Å². The molecule has 3 heterocycles. The summed E-state index contributed by atoms with van der Waals surface area (Å²) in [5.41, 5.74) is 1.24. The Morgan fingerprint density at radius 3 is 2.83 bits per heavy atom. The fourth-order valence-corrected chi connectivity index (χ4v) is 3.06. The third kappa shape index (κ3) is 3.53. The van der Waals surface area contributed by atoms with Gasteiger partial charge in [-0.2, -0.15) is 0 Å². The van der Waals surface area contributed by atoms with Gasteiger partial charge in [0, 0.05) is 30.3 Å². The minimum atomic E-state index is -0.136. The smallest absolute Gasteiger partial charge is 0.274 e. The summed E-state index contributed by atoms with van der Waals surface area (Å²) >= 11 is 3.37. The van der Waals surface area contributed by atoms with Crippen molar-refractivity contribution in [3.8, 4) is 0 Å². The summed E-state index contributed by atoms with van der Waals surface area (Å²) in [6.07, 6.45) is 5.23. The molecule has 2 aromatic rings. The van der Waals surface area contributed by atoms with Crippen LogP contribution in [0.2, 0.25) is 0 Å². The zero-order valence-electron chi connectivity index (χ0n) is 13.0. The predicted octanol–water partition coefficient (Wildman–Crippen LogP) is 1.91. The highest BCUT2D eigenvalue weighted by Gasteiger charge is 2.19. The normalized spacial score (nSPS) is 18.0. The molecule has 122 valence electrons. The van der Waals surface area contributed by atoms with Gasteiger partial charge < -0.3 is 19.5 Å². The van der Waals surface area contributed by atoms with Gasteiger partial charge in [-0.1, -0.05) is 0 Å². The molecule has 1 atom stereocenters. The topological polar surface area (TPSA) is 72.3 Å². The SMILES string of the molecule is C[C@H]1COCCN1c1cnc(Nc2cc(Br)cn(C)c2=O)nc1. The monoisotopic (exact) mass is 379 g/mol. The molecule has 3 rings (SSSR count). The van der Waals surface area contributed by atoms with Crippen LogP contribution in [0.3, 0.4) is 0 Å². The Labute approximate surface area is 142 Å². The molecule has 1 saturated heterocycles. The van der Waals surface area contributed by atoms with Gasteiger partial charge in [0.1, 0.15) is 5.69 Å². The molecule has 2 aromatic heterocycles. The van der Waals surface area contributed by atoms with E-state index < -0.39 is 0 Å². The maximum absolute atomic E-state index is 12.1. The van der Waals surface area contributed by atoms with Crippen molar-refractivity contribution in [1.29, 1.82) is 0 Å². The Kier molecular flexibility index (Phi) is 4.63. The number of ether oxygens (including phenoxy) is 1. The lowest BCUT2D eigenvalue weighted by molar-refractivity contribution is 0.0989. The standard InChI is InChI=1S/C15H18BrN5O2/c1-10-9-23-4-3-21(10)12-6-17-15(18-7-12)19-13-5-11(16)8-20(2)14(13)22/h5-8,10H,3-4,9H2,1-2H3,(H,17,18,19)/t10-/m0/s1. The van der Waals surface area contributed by atoms with Crippen molar-refractivity contribution in [3.63, 3.8) is 0 Å². The van der Waals surface area contributed by atoms with E-state index in [4.69, 9.17) is 4.74 Å². The molecule has 0 aliphatic carbocycles. The Hall–Kier alpha value is -1.93. The van der Waals surface area contributed by atoms with E-state index in [1.165, 1.54) is 4.57 Å². The van der Waals surface area contributed by atoms with Crippen LogP contribution in [-0.4, -0.2) is 40.3 Å². The summed E-state index contributed by atoms with van der Waals surface area (Å²) in [5.74, 6) is 0.393. The van der Waals surface area contributed by atoms with Gasteiger partial charge in [0.15, 0.2) is 0 Å². The van der Waals surface area contributed by atoms with Crippen LogP contribution in [0.4, 0.5) is 17.3 Å². The summed E-state index contributed by atoms with van der Waals surface area (Å²) in [6.45, 7) is 4.34. The number of hydrogen-bond donors (Lipinski definition) is 1. The van der Waals surface area contributed by atoms with Crippen molar-refractivity contribution in [3.05, 3.63) is 39.5 Å². The van der Waals surface area contributed by atoms with Gasteiger partial charge in [-0.15, -0.1) is 0 Å². The van der Waals surface area contributed by atoms with E-state index in [1.54, 1.807) is 31.7 Å². The van der Waals surface area contributed by atoms with E-state index in [2.05, 4.69) is 43.0 Å². The van der Waals surface area contributed by atoms with Gasteiger partial charge in [0.05, 0.1) is 31.3 Å². The molecular formula is C15H18BrN5O2. The van der Waals surface area contributed by atoms with Crippen LogP contribution in [0.15, 0.2) is 33.9 Å². The van der Waals surface area contributed by atoms with Crippen LogP contribution in [0, 0.1) is 0 Å². The van der Waals surface area contributed by atoms with Crippen LogP contribution >= 0.6 is 15.9 Å². The molecule has 8 heteroatoms. The van der Waals surface area contributed by atoms with Gasteiger partial charge in [-0.05, 0) is 28.9 Å². The third-order valence-electron chi connectivity index (χ3n) is 3.73. The lowest BCUT2D eigenvalue weighted by atomic mass is 10.2. The minimum Gasteiger partial charge on any atom is -0.377 e. The minimum absolute atomic E-state index is 0.136. The summed E-state index contributed by atoms with van der Waals surface area (Å²) < 4.78 is 7.74. The molecule has 23 heavy (non-hydrogen) atoms. The Balaban J connectivity index is 1.79. The van der Waals surface area contributed by atoms with E-state index in [1.807, 2.05) is 0 Å². The fraction of sp³-hybridized carbons (Fsp3) is 0.400. The van der Waals surface area contributed by atoms with Gasteiger partial charge in [-0.25, -0.2) is 9.97 Å². The number of rotatable bonds is 3. The van der Waals surface area contributed by atoms with Crippen LogP contribution in [0.1, 0.15) is 6.92 Å². The van der Waals surface area contributed by atoms with Gasteiger partial charge in [-0.3, -0.25) is 4.79 Å². The molecule has 1 aliphatic rings. The van der Waals surface area contributed by atoms with Gasteiger partial charge in [0.25, 0.3) is 5.56 Å².